The summed E-state index contributed by atoms with van der Waals surface area (Å²) in [5, 5.41) is 3.01. The van der Waals surface area contributed by atoms with Gasteiger partial charge in [-0.05, 0) is 37.3 Å². The van der Waals surface area contributed by atoms with E-state index in [1.807, 2.05) is 4.90 Å². The molecule has 2 fully saturated rings. The molecule has 0 aliphatic carbocycles. The van der Waals surface area contributed by atoms with E-state index in [0.29, 0.717) is 37.8 Å². The molecule has 1 N–H and O–H groups in total. The maximum atomic E-state index is 12.6. The average Bonchev–Trinajstić information content (AvgIpc) is 3.10. The van der Waals surface area contributed by atoms with E-state index in [-0.39, 0.29) is 11.8 Å². The summed E-state index contributed by atoms with van der Waals surface area (Å²) in [6, 6.07) is 2.39. The molecule has 1 aromatic heterocycles. The highest BCUT2D eigenvalue weighted by Gasteiger charge is 2.32. The molecule has 5 nitrogen and oxygen atoms in total. The van der Waals surface area contributed by atoms with Crippen LogP contribution in [0.4, 0.5) is 19.0 Å². The third kappa shape index (κ3) is 4.62. The van der Waals surface area contributed by atoms with Crippen molar-refractivity contribution in [3.05, 3.63) is 23.9 Å². The number of carbonyl (C=O) groups is 1. The first-order valence-corrected chi connectivity index (χ1v) is 8.57. The van der Waals surface area contributed by atoms with E-state index in [2.05, 4.69) is 10.3 Å². The van der Waals surface area contributed by atoms with Crippen molar-refractivity contribution in [3.8, 4) is 0 Å². The summed E-state index contributed by atoms with van der Waals surface area (Å²) in [6.45, 7) is 3.26. The summed E-state index contributed by atoms with van der Waals surface area (Å²) in [4.78, 5) is 18.1. The molecule has 0 saturated carbocycles. The van der Waals surface area contributed by atoms with E-state index < -0.39 is 11.7 Å². The molecule has 0 unspecified atom stereocenters. The van der Waals surface area contributed by atoms with Crippen molar-refractivity contribution in [1.82, 2.24) is 10.3 Å². The Hall–Kier alpha value is -1.83. The number of nitrogens with zero attached hydrogens (tertiary/aromatic N) is 2. The minimum Gasteiger partial charge on any atom is -0.381 e. The zero-order chi connectivity index (χ0) is 17.9. The first kappa shape index (κ1) is 18.0. The second-order valence-corrected chi connectivity index (χ2v) is 6.64. The summed E-state index contributed by atoms with van der Waals surface area (Å²) in [5.41, 5.74) is -0.763. The first-order chi connectivity index (χ1) is 11.9. The van der Waals surface area contributed by atoms with Crippen molar-refractivity contribution in [1.29, 1.82) is 0 Å². The second kappa shape index (κ2) is 7.59. The Balaban J connectivity index is 1.50. The highest BCUT2D eigenvalue weighted by molar-refractivity contribution is 5.80. The Morgan fingerprint density at radius 2 is 2.04 bits per heavy atom. The topological polar surface area (TPSA) is 54.5 Å². The van der Waals surface area contributed by atoms with Crippen LogP contribution in [0, 0.1) is 11.8 Å². The van der Waals surface area contributed by atoms with Gasteiger partial charge in [0, 0.05) is 39.0 Å². The quantitative estimate of drug-likeness (QED) is 0.900. The Bertz CT molecular complexity index is 586. The molecule has 1 atom stereocenters. The molecule has 8 heteroatoms. The van der Waals surface area contributed by atoms with Gasteiger partial charge in [0.25, 0.3) is 0 Å². The van der Waals surface area contributed by atoms with Crippen LogP contribution in [-0.2, 0) is 15.7 Å². The number of halogens is 3. The normalized spacial score (nSPS) is 22.2. The highest BCUT2D eigenvalue weighted by atomic mass is 19.4. The number of ether oxygens (including phenoxy) is 1. The molecule has 0 bridgehead atoms. The van der Waals surface area contributed by atoms with Crippen molar-refractivity contribution in [3.63, 3.8) is 0 Å². The van der Waals surface area contributed by atoms with Gasteiger partial charge in [-0.25, -0.2) is 4.98 Å². The summed E-state index contributed by atoms with van der Waals surface area (Å²) in [7, 11) is 0. The molecular formula is C17H22F3N3O2. The number of rotatable bonds is 4. The summed E-state index contributed by atoms with van der Waals surface area (Å²) in [5.74, 6) is 0.810. The summed E-state index contributed by atoms with van der Waals surface area (Å²) >= 11 is 0. The van der Waals surface area contributed by atoms with Crippen LogP contribution in [0.3, 0.4) is 0 Å². The van der Waals surface area contributed by atoms with Gasteiger partial charge in [0.2, 0.25) is 5.91 Å². The molecule has 25 heavy (non-hydrogen) atoms. The van der Waals surface area contributed by atoms with Crippen molar-refractivity contribution in [2.75, 3.05) is 37.7 Å². The minimum absolute atomic E-state index is 0.0147. The fraction of sp³-hybridized carbons (Fsp3) is 0.647. The van der Waals surface area contributed by atoms with Crippen LogP contribution in [0.25, 0.3) is 0 Å². The molecule has 2 saturated heterocycles. The zero-order valence-electron chi connectivity index (χ0n) is 13.9. The molecule has 1 aromatic rings. The second-order valence-electron chi connectivity index (χ2n) is 6.64. The lowest BCUT2D eigenvalue weighted by atomic mass is 10.00. The predicted molar refractivity (Wildman–Crippen MR) is 86.1 cm³/mol. The van der Waals surface area contributed by atoms with Crippen molar-refractivity contribution in [2.45, 2.75) is 25.4 Å². The average molecular weight is 357 g/mol. The van der Waals surface area contributed by atoms with Gasteiger partial charge in [0.1, 0.15) is 5.82 Å². The standard InChI is InChI=1S/C17H22F3N3O2/c18-17(19,20)14-1-2-15(21-10-14)23-6-3-13(11-23)16(24)22-9-12-4-7-25-8-5-12/h1-2,10,12-13H,3-9,11H2,(H,22,24)/t13-/m1/s1. The molecule has 3 rings (SSSR count). The van der Waals surface area contributed by atoms with Gasteiger partial charge in [-0.15, -0.1) is 0 Å². The number of anilines is 1. The molecular weight excluding hydrogens is 335 g/mol. The lowest BCUT2D eigenvalue weighted by molar-refractivity contribution is -0.137. The van der Waals surface area contributed by atoms with Crippen LogP contribution in [0.5, 0.6) is 0 Å². The zero-order valence-corrected chi connectivity index (χ0v) is 13.9. The van der Waals surface area contributed by atoms with E-state index >= 15 is 0 Å². The Kier molecular flexibility index (Phi) is 5.46. The van der Waals surface area contributed by atoms with Crippen LogP contribution < -0.4 is 10.2 Å². The van der Waals surface area contributed by atoms with E-state index in [0.717, 1.165) is 38.3 Å². The Morgan fingerprint density at radius 1 is 1.28 bits per heavy atom. The predicted octanol–water partition coefficient (Wildman–Crippen LogP) is 2.47. The molecule has 3 heterocycles. The maximum absolute atomic E-state index is 12.6. The molecule has 1 amide bonds. The van der Waals surface area contributed by atoms with Crippen LogP contribution in [-0.4, -0.2) is 43.7 Å². The Labute approximate surface area is 144 Å². The number of hydrogen-bond donors (Lipinski definition) is 1. The fourth-order valence-corrected chi connectivity index (χ4v) is 3.26. The smallest absolute Gasteiger partial charge is 0.381 e. The van der Waals surface area contributed by atoms with Crippen molar-refractivity contribution < 1.29 is 22.7 Å². The minimum atomic E-state index is -4.39. The third-order valence-corrected chi connectivity index (χ3v) is 4.86. The monoisotopic (exact) mass is 357 g/mol. The van der Waals surface area contributed by atoms with Gasteiger partial charge in [0.15, 0.2) is 0 Å². The molecule has 0 radical (unpaired) electrons. The molecule has 138 valence electrons. The number of alkyl halides is 3. The lowest BCUT2D eigenvalue weighted by Gasteiger charge is -2.23. The molecule has 0 spiro atoms. The van der Waals surface area contributed by atoms with E-state index in [1.165, 1.54) is 6.07 Å². The molecule has 2 aliphatic rings. The van der Waals surface area contributed by atoms with Gasteiger partial charge < -0.3 is 15.0 Å². The number of hydrogen-bond acceptors (Lipinski definition) is 4. The third-order valence-electron chi connectivity index (χ3n) is 4.86. The van der Waals surface area contributed by atoms with Crippen molar-refractivity contribution >= 4 is 11.7 Å². The number of nitrogens with one attached hydrogen (secondary N) is 1. The molecule has 2 aliphatic heterocycles. The van der Waals surface area contributed by atoms with Gasteiger partial charge in [-0.2, -0.15) is 13.2 Å². The van der Waals surface area contributed by atoms with Gasteiger partial charge >= 0.3 is 6.18 Å². The molecule has 0 aromatic carbocycles. The SMILES string of the molecule is O=C(NCC1CCOCC1)[C@@H]1CCN(c2ccc(C(F)(F)F)cn2)C1. The van der Waals surface area contributed by atoms with Crippen LogP contribution in [0.1, 0.15) is 24.8 Å². The van der Waals surface area contributed by atoms with Crippen LogP contribution >= 0.6 is 0 Å². The summed E-state index contributed by atoms with van der Waals surface area (Å²) in [6.07, 6.45) is -0.932. The van der Waals surface area contributed by atoms with E-state index in [9.17, 15) is 18.0 Å². The largest absolute Gasteiger partial charge is 0.417 e. The van der Waals surface area contributed by atoms with Gasteiger partial charge in [0.05, 0.1) is 11.5 Å². The lowest BCUT2D eigenvalue weighted by Crippen LogP contribution is -2.37. The highest BCUT2D eigenvalue weighted by Crippen LogP contribution is 2.30. The van der Waals surface area contributed by atoms with E-state index in [4.69, 9.17) is 4.74 Å². The maximum Gasteiger partial charge on any atom is 0.417 e. The summed E-state index contributed by atoms with van der Waals surface area (Å²) < 4.78 is 43.1. The first-order valence-electron chi connectivity index (χ1n) is 8.57. The Morgan fingerprint density at radius 3 is 2.68 bits per heavy atom. The number of amides is 1. The van der Waals surface area contributed by atoms with E-state index in [1.54, 1.807) is 0 Å². The number of aromatic nitrogens is 1. The van der Waals surface area contributed by atoms with Gasteiger partial charge in [-0.1, -0.05) is 0 Å². The van der Waals surface area contributed by atoms with Crippen LogP contribution in [0.15, 0.2) is 18.3 Å². The van der Waals surface area contributed by atoms with Gasteiger partial charge in [-0.3, -0.25) is 4.79 Å². The number of pyridine rings is 1. The fourth-order valence-electron chi connectivity index (χ4n) is 3.26. The van der Waals surface area contributed by atoms with Crippen LogP contribution in [0.2, 0.25) is 0 Å². The number of carbonyl (C=O) groups excluding carboxylic acids is 1. The van der Waals surface area contributed by atoms with Crippen molar-refractivity contribution in [2.24, 2.45) is 11.8 Å².